The van der Waals surface area contributed by atoms with Gasteiger partial charge in [0.25, 0.3) is 11.8 Å². The number of thiazole rings is 2. The van der Waals surface area contributed by atoms with Gasteiger partial charge in [-0.2, -0.15) is 4.57 Å². The number of carbonyl (C=O) groups is 3. The van der Waals surface area contributed by atoms with E-state index in [0.29, 0.717) is 17.9 Å². The summed E-state index contributed by atoms with van der Waals surface area (Å²) in [5.41, 5.74) is 9.78. The van der Waals surface area contributed by atoms with Gasteiger partial charge in [0.05, 0.1) is 4.88 Å². The molecular formula is C21H23N6O5S3+. The van der Waals surface area contributed by atoms with E-state index in [9.17, 15) is 19.5 Å². The van der Waals surface area contributed by atoms with Gasteiger partial charge < -0.3 is 21.0 Å². The Hall–Kier alpha value is -2.97. The molecule has 3 aliphatic rings. The number of nitrogens with two attached hydrogens (primary N) is 1. The van der Waals surface area contributed by atoms with E-state index in [1.807, 2.05) is 5.51 Å². The number of carboxylic acids is 1. The van der Waals surface area contributed by atoms with Crippen molar-refractivity contribution in [1.82, 2.24) is 15.2 Å². The van der Waals surface area contributed by atoms with Gasteiger partial charge in [0.2, 0.25) is 5.51 Å². The number of rotatable bonds is 7. The number of hydrogen-bond acceptors (Lipinski definition) is 10. The molecule has 11 nitrogen and oxygen atoms in total. The lowest BCUT2D eigenvalue weighted by atomic mass is 10.0. The van der Waals surface area contributed by atoms with Crippen LogP contribution in [0.1, 0.15) is 29.1 Å². The molecule has 0 bridgehead atoms. The lowest BCUT2D eigenvalue weighted by Crippen LogP contribution is -2.71. The molecule has 2 atom stereocenters. The third kappa shape index (κ3) is 4.29. The summed E-state index contributed by atoms with van der Waals surface area (Å²) in [5, 5.41) is 17.7. The number of aryl methyl sites for hydroxylation is 1. The van der Waals surface area contributed by atoms with Crippen LogP contribution in [-0.4, -0.2) is 62.8 Å². The third-order valence-corrected chi connectivity index (χ3v) is 9.22. The topological polar surface area (TPSA) is 151 Å². The molecule has 1 aliphatic carbocycles. The average molecular weight is 536 g/mol. The van der Waals surface area contributed by atoms with Crippen molar-refractivity contribution in [2.45, 2.75) is 43.6 Å². The highest BCUT2D eigenvalue weighted by Gasteiger charge is 2.55. The van der Waals surface area contributed by atoms with E-state index in [2.05, 4.69) is 20.0 Å². The molecule has 0 spiro atoms. The summed E-state index contributed by atoms with van der Waals surface area (Å²) in [6.45, 7) is 0.434. The Labute approximate surface area is 212 Å². The molecule has 0 radical (unpaired) electrons. The highest BCUT2D eigenvalue weighted by atomic mass is 32.2. The molecule has 1 saturated heterocycles. The smallest absolute Gasteiger partial charge is 0.352 e. The number of nitrogen functional groups attached to an aromatic ring is 1. The van der Waals surface area contributed by atoms with Gasteiger partial charge in [-0.15, -0.1) is 23.1 Å². The number of oxime groups is 1. The molecule has 14 heteroatoms. The quantitative estimate of drug-likeness (QED) is 0.203. The molecule has 2 aromatic heterocycles. The number of hydrogen-bond donors (Lipinski definition) is 3. The van der Waals surface area contributed by atoms with Crippen LogP contribution in [0.4, 0.5) is 5.13 Å². The van der Waals surface area contributed by atoms with Crippen molar-refractivity contribution in [3.05, 3.63) is 38.4 Å². The first kappa shape index (κ1) is 23.8. The molecule has 4 heterocycles. The Bertz CT molecular complexity index is 1270. The van der Waals surface area contributed by atoms with Crippen LogP contribution in [-0.2, 0) is 38.6 Å². The van der Waals surface area contributed by atoms with E-state index in [1.165, 1.54) is 40.8 Å². The number of aliphatic carboxylic acids is 1. The molecule has 2 aromatic rings. The van der Waals surface area contributed by atoms with Crippen molar-refractivity contribution in [2.24, 2.45) is 5.16 Å². The van der Waals surface area contributed by atoms with Crippen LogP contribution in [0.2, 0.25) is 0 Å². The highest BCUT2D eigenvalue weighted by Crippen LogP contribution is 2.40. The lowest BCUT2D eigenvalue weighted by molar-refractivity contribution is -0.692. The van der Waals surface area contributed by atoms with E-state index in [4.69, 9.17) is 10.6 Å². The minimum absolute atomic E-state index is 0.00515. The van der Waals surface area contributed by atoms with Gasteiger partial charge in [-0.25, -0.2) is 9.78 Å². The van der Waals surface area contributed by atoms with E-state index in [0.717, 1.165) is 30.6 Å². The minimum atomic E-state index is -1.15. The van der Waals surface area contributed by atoms with Gasteiger partial charge in [0, 0.05) is 23.1 Å². The Kier molecular flexibility index (Phi) is 6.51. The van der Waals surface area contributed by atoms with Crippen molar-refractivity contribution in [1.29, 1.82) is 0 Å². The maximum absolute atomic E-state index is 13.0. The number of nitrogens with zero attached hydrogens (tertiary/aromatic N) is 4. The van der Waals surface area contributed by atoms with Crippen LogP contribution in [0.15, 0.2) is 27.3 Å². The summed E-state index contributed by atoms with van der Waals surface area (Å²) < 4.78 is 2.12. The monoisotopic (exact) mass is 535 g/mol. The first-order valence-electron chi connectivity index (χ1n) is 10.9. The van der Waals surface area contributed by atoms with E-state index in [-0.39, 0.29) is 22.2 Å². The number of aromatic nitrogens is 2. The van der Waals surface area contributed by atoms with Gasteiger partial charge in [-0.3, -0.25) is 14.5 Å². The Morgan fingerprint density at radius 2 is 2.17 bits per heavy atom. The number of carboxylic acid groups (broad SMARTS) is 1. The first-order valence-corrected chi connectivity index (χ1v) is 13.7. The zero-order valence-corrected chi connectivity index (χ0v) is 21.2. The fourth-order valence-corrected chi connectivity index (χ4v) is 7.49. The molecular weight excluding hydrogens is 512 g/mol. The molecule has 184 valence electrons. The molecule has 2 aliphatic heterocycles. The molecule has 2 amide bonds. The molecule has 4 N–H and O–H groups in total. The number of amides is 2. The average Bonchev–Trinajstić information content (AvgIpc) is 3.46. The SMILES string of the molecule is CON=C(C(=O)N[C@@H]1C(=O)N2C(C(=O)O)=C(C[n+]3csc4c3CCCC4)CS[C@@H]12)c1csc(N)n1. The van der Waals surface area contributed by atoms with Gasteiger partial charge in [-0.1, -0.05) is 16.5 Å². The second-order valence-electron chi connectivity index (χ2n) is 8.24. The second-order valence-corrected chi connectivity index (χ2v) is 11.2. The molecule has 0 aromatic carbocycles. The number of β-lactam (4-membered cyclic amide) rings is 1. The molecule has 0 unspecified atom stereocenters. The molecule has 35 heavy (non-hydrogen) atoms. The largest absolute Gasteiger partial charge is 0.477 e. The van der Waals surface area contributed by atoms with Crippen LogP contribution >= 0.6 is 34.4 Å². The first-order chi connectivity index (χ1) is 16.9. The number of nitrogens with one attached hydrogen (secondary N) is 1. The molecule has 1 fully saturated rings. The zero-order valence-electron chi connectivity index (χ0n) is 18.7. The standard InChI is InChI=1S/C21H22N6O5S3/c1-32-25-14(11-8-34-21(22)23-11)17(28)24-15-18(29)27-16(20(30)31)10(7-33-19(15)27)6-26-9-35-13-5-3-2-4-12(13)26/h8-9,15,19H,2-7H2,1H3,(H3-,22,23,24,28,30,31)/p+1/t15-,19+/m1/s1. The van der Waals surface area contributed by atoms with Gasteiger partial charge in [-0.05, 0) is 19.3 Å². The van der Waals surface area contributed by atoms with E-state index < -0.39 is 29.2 Å². The van der Waals surface area contributed by atoms with Crippen molar-refractivity contribution in [3.63, 3.8) is 0 Å². The van der Waals surface area contributed by atoms with Gasteiger partial charge in [0.15, 0.2) is 23.1 Å². The number of thioether (sulfide) groups is 1. The Balaban J connectivity index is 1.35. The lowest BCUT2D eigenvalue weighted by Gasteiger charge is -2.49. The summed E-state index contributed by atoms with van der Waals surface area (Å²) in [5.74, 6) is -1.82. The van der Waals surface area contributed by atoms with Crippen LogP contribution in [0, 0.1) is 0 Å². The highest BCUT2D eigenvalue weighted by molar-refractivity contribution is 8.00. The van der Waals surface area contributed by atoms with Crippen molar-refractivity contribution < 1.29 is 28.9 Å². The van der Waals surface area contributed by atoms with E-state index >= 15 is 0 Å². The summed E-state index contributed by atoms with van der Waals surface area (Å²) in [7, 11) is 1.30. The molecule has 0 saturated carbocycles. The number of fused-ring (bicyclic) bond motifs is 2. The fraction of sp³-hybridized carbons (Fsp3) is 0.429. The van der Waals surface area contributed by atoms with Crippen LogP contribution in [0.25, 0.3) is 0 Å². The second kappa shape index (κ2) is 9.59. The van der Waals surface area contributed by atoms with Crippen LogP contribution < -0.4 is 15.6 Å². The van der Waals surface area contributed by atoms with Gasteiger partial charge in [0.1, 0.15) is 29.9 Å². The maximum Gasteiger partial charge on any atom is 0.352 e. The van der Waals surface area contributed by atoms with Crippen LogP contribution in [0.5, 0.6) is 0 Å². The Morgan fingerprint density at radius 1 is 1.37 bits per heavy atom. The predicted octanol–water partition coefficient (Wildman–Crippen LogP) is 0.742. The summed E-state index contributed by atoms with van der Waals surface area (Å²) in [6, 6.07) is -0.886. The molecule has 5 rings (SSSR count). The van der Waals surface area contributed by atoms with Crippen LogP contribution in [0.3, 0.4) is 0 Å². The summed E-state index contributed by atoms with van der Waals surface area (Å²) in [4.78, 5) is 49.6. The van der Waals surface area contributed by atoms with Crippen molar-refractivity contribution in [2.75, 3.05) is 18.6 Å². The summed E-state index contributed by atoms with van der Waals surface area (Å²) >= 11 is 4.28. The number of anilines is 1. The summed E-state index contributed by atoms with van der Waals surface area (Å²) in [6.07, 6.45) is 4.34. The van der Waals surface area contributed by atoms with Gasteiger partial charge >= 0.3 is 5.97 Å². The third-order valence-electron chi connectivity index (χ3n) is 6.12. The minimum Gasteiger partial charge on any atom is -0.477 e. The zero-order chi connectivity index (χ0) is 24.7. The van der Waals surface area contributed by atoms with E-state index in [1.54, 1.807) is 16.7 Å². The normalized spacial score (nSPS) is 21.8. The maximum atomic E-state index is 13.0. The Morgan fingerprint density at radius 3 is 2.89 bits per heavy atom. The predicted molar refractivity (Wildman–Crippen MR) is 131 cm³/mol. The number of carbonyl (C=O) groups excluding carboxylic acids is 2. The van der Waals surface area contributed by atoms with Crippen molar-refractivity contribution in [3.8, 4) is 0 Å². The fourth-order valence-electron chi connectivity index (χ4n) is 4.53. The van der Waals surface area contributed by atoms with Crippen molar-refractivity contribution >= 4 is 63.1 Å².